The number of carbonyl (C=O) groups is 1. The third-order valence-corrected chi connectivity index (χ3v) is 3.13. The maximum absolute atomic E-state index is 10.8. The first-order chi connectivity index (χ1) is 10.6. The summed E-state index contributed by atoms with van der Waals surface area (Å²) in [6, 6.07) is 14.3. The second kappa shape index (κ2) is 7.26. The van der Waals surface area contributed by atoms with Gasteiger partial charge < -0.3 is 9.84 Å². The predicted molar refractivity (Wildman–Crippen MR) is 86.8 cm³/mol. The van der Waals surface area contributed by atoms with Crippen molar-refractivity contribution in [3.8, 4) is 5.75 Å². The maximum Gasteiger partial charge on any atom is 0.335 e. The number of aromatic carboxylic acids is 1. The molecule has 0 aliphatic rings. The lowest BCUT2D eigenvalue weighted by molar-refractivity contribution is 0.0697. The maximum atomic E-state index is 10.8. The van der Waals surface area contributed by atoms with Gasteiger partial charge in [-0.1, -0.05) is 12.1 Å². The van der Waals surface area contributed by atoms with Crippen molar-refractivity contribution < 1.29 is 14.6 Å². The Balaban J connectivity index is 1.95. The summed E-state index contributed by atoms with van der Waals surface area (Å²) in [6.07, 6.45) is 0.726. The zero-order valence-electron chi connectivity index (χ0n) is 12.5. The number of hydrogen-bond acceptors (Lipinski definition) is 4. The van der Waals surface area contributed by atoms with Crippen LogP contribution in [0.1, 0.15) is 22.8 Å². The average Bonchev–Trinajstić information content (AvgIpc) is 2.54. The van der Waals surface area contributed by atoms with E-state index in [0.29, 0.717) is 0 Å². The summed E-state index contributed by atoms with van der Waals surface area (Å²) in [5.74, 6) is -0.110. The Bertz CT molecular complexity index is 661. The van der Waals surface area contributed by atoms with E-state index in [1.165, 1.54) is 0 Å². The quantitative estimate of drug-likeness (QED) is 0.633. The Hall–Kier alpha value is -2.82. The molecule has 0 aliphatic heterocycles. The van der Waals surface area contributed by atoms with Gasteiger partial charge in [0.1, 0.15) is 5.75 Å². The molecule has 0 heterocycles. The Morgan fingerprint density at radius 1 is 1.14 bits per heavy atom. The first-order valence-corrected chi connectivity index (χ1v) is 6.84. The molecule has 114 valence electrons. The Labute approximate surface area is 129 Å². The van der Waals surface area contributed by atoms with Crippen molar-refractivity contribution >= 4 is 17.4 Å². The van der Waals surface area contributed by atoms with Gasteiger partial charge in [-0.25, -0.2) is 4.79 Å². The molecule has 0 spiro atoms. The summed E-state index contributed by atoms with van der Waals surface area (Å²) in [7, 11) is 1.64. The van der Waals surface area contributed by atoms with Gasteiger partial charge in [0.25, 0.3) is 0 Å². The predicted octanol–water partition coefficient (Wildman–Crippen LogP) is 3.42. The number of hydrazone groups is 1. The second-order valence-corrected chi connectivity index (χ2v) is 4.87. The molecule has 5 nitrogen and oxygen atoms in total. The number of benzene rings is 2. The Kier molecular flexibility index (Phi) is 5.14. The summed E-state index contributed by atoms with van der Waals surface area (Å²) in [6.45, 7) is 1.93. The highest BCUT2D eigenvalue weighted by atomic mass is 16.5. The summed E-state index contributed by atoms with van der Waals surface area (Å²) in [5, 5.41) is 13.1. The minimum absolute atomic E-state index is 0.254. The van der Waals surface area contributed by atoms with Crippen molar-refractivity contribution in [2.24, 2.45) is 5.10 Å². The van der Waals surface area contributed by atoms with Crippen molar-refractivity contribution in [2.45, 2.75) is 13.3 Å². The molecule has 0 aliphatic carbocycles. The minimum atomic E-state index is -0.939. The van der Waals surface area contributed by atoms with Crippen LogP contribution in [0.3, 0.4) is 0 Å². The molecule has 0 saturated heterocycles. The Morgan fingerprint density at radius 3 is 2.32 bits per heavy atom. The van der Waals surface area contributed by atoms with Crippen LogP contribution in [0.4, 0.5) is 5.69 Å². The molecule has 0 aromatic heterocycles. The molecule has 0 fully saturated rings. The number of carboxylic acid groups (broad SMARTS) is 1. The SMILES string of the molecule is COc1ccc(C/C(C)=N\Nc2ccc(C(=O)O)cc2)cc1. The molecule has 0 unspecified atom stereocenters. The van der Waals surface area contributed by atoms with Crippen molar-refractivity contribution in [1.29, 1.82) is 0 Å². The molecule has 0 radical (unpaired) electrons. The number of nitrogens with zero attached hydrogens (tertiary/aromatic N) is 1. The fourth-order valence-electron chi connectivity index (χ4n) is 1.93. The van der Waals surface area contributed by atoms with E-state index in [4.69, 9.17) is 9.84 Å². The number of hydrogen-bond donors (Lipinski definition) is 2. The minimum Gasteiger partial charge on any atom is -0.497 e. The van der Waals surface area contributed by atoms with Gasteiger partial charge >= 0.3 is 5.97 Å². The molecule has 2 aromatic rings. The molecule has 0 bridgehead atoms. The van der Waals surface area contributed by atoms with Crippen LogP contribution in [0.2, 0.25) is 0 Å². The summed E-state index contributed by atoms with van der Waals surface area (Å²) < 4.78 is 5.12. The van der Waals surface area contributed by atoms with Gasteiger partial charge in [-0.15, -0.1) is 0 Å². The zero-order chi connectivity index (χ0) is 15.9. The first kappa shape index (κ1) is 15.6. The lowest BCUT2D eigenvalue weighted by Gasteiger charge is -2.05. The number of methoxy groups -OCH3 is 1. The largest absolute Gasteiger partial charge is 0.497 e. The van der Waals surface area contributed by atoms with Crippen molar-refractivity contribution in [3.63, 3.8) is 0 Å². The fourth-order valence-corrected chi connectivity index (χ4v) is 1.93. The monoisotopic (exact) mass is 298 g/mol. The molecule has 0 saturated carbocycles. The van der Waals surface area contributed by atoms with Crippen molar-refractivity contribution in [1.82, 2.24) is 0 Å². The van der Waals surface area contributed by atoms with Gasteiger partial charge in [0.15, 0.2) is 0 Å². The van der Waals surface area contributed by atoms with Gasteiger partial charge in [-0.05, 0) is 48.9 Å². The van der Waals surface area contributed by atoms with Gasteiger partial charge in [0, 0.05) is 12.1 Å². The highest BCUT2D eigenvalue weighted by Crippen LogP contribution is 2.13. The van der Waals surface area contributed by atoms with Gasteiger partial charge in [0.2, 0.25) is 0 Å². The second-order valence-electron chi connectivity index (χ2n) is 4.87. The van der Waals surface area contributed by atoms with E-state index in [0.717, 1.165) is 29.1 Å². The van der Waals surface area contributed by atoms with E-state index in [9.17, 15) is 4.79 Å². The summed E-state index contributed by atoms with van der Waals surface area (Å²) in [4.78, 5) is 10.8. The number of carboxylic acids is 1. The molecular weight excluding hydrogens is 280 g/mol. The Morgan fingerprint density at radius 2 is 1.77 bits per heavy atom. The van der Waals surface area contributed by atoms with E-state index in [2.05, 4.69) is 10.5 Å². The number of rotatable bonds is 6. The van der Waals surface area contributed by atoms with Crippen LogP contribution >= 0.6 is 0 Å². The highest BCUT2D eigenvalue weighted by molar-refractivity contribution is 5.88. The molecular formula is C17H18N2O3. The number of anilines is 1. The molecule has 0 amide bonds. The van der Waals surface area contributed by atoms with Crippen molar-refractivity contribution in [2.75, 3.05) is 12.5 Å². The van der Waals surface area contributed by atoms with E-state index in [-0.39, 0.29) is 5.56 Å². The third kappa shape index (κ3) is 4.34. The molecule has 2 aromatic carbocycles. The molecule has 0 atom stereocenters. The topological polar surface area (TPSA) is 70.9 Å². The van der Waals surface area contributed by atoms with Crippen LogP contribution in [0, 0.1) is 0 Å². The fraction of sp³-hybridized carbons (Fsp3) is 0.176. The normalized spacial score (nSPS) is 11.1. The average molecular weight is 298 g/mol. The van der Waals surface area contributed by atoms with Gasteiger partial charge in [-0.3, -0.25) is 5.43 Å². The van der Waals surface area contributed by atoms with Crippen LogP contribution in [0.15, 0.2) is 53.6 Å². The van der Waals surface area contributed by atoms with E-state index in [1.807, 2.05) is 31.2 Å². The van der Waals surface area contributed by atoms with Crippen molar-refractivity contribution in [3.05, 3.63) is 59.7 Å². The van der Waals surface area contributed by atoms with Crippen LogP contribution < -0.4 is 10.2 Å². The van der Waals surface area contributed by atoms with E-state index < -0.39 is 5.97 Å². The van der Waals surface area contributed by atoms with E-state index in [1.54, 1.807) is 31.4 Å². The van der Waals surface area contributed by atoms with Crippen LogP contribution in [-0.2, 0) is 6.42 Å². The number of nitrogens with one attached hydrogen (secondary N) is 1. The summed E-state index contributed by atoms with van der Waals surface area (Å²) in [5.41, 5.74) is 5.99. The van der Waals surface area contributed by atoms with Crippen LogP contribution in [0.25, 0.3) is 0 Å². The molecule has 22 heavy (non-hydrogen) atoms. The zero-order valence-corrected chi connectivity index (χ0v) is 12.5. The molecule has 2 rings (SSSR count). The smallest absolute Gasteiger partial charge is 0.335 e. The standard InChI is InChI=1S/C17H18N2O3/c1-12(11-13-3-9-16(22-2)10-4-13)18-19-15-7-5-14(6-8-15)17(20)21/h3-10,19H,11H2,1-2H3,(H,20,21)/b18-12-. The lowest BCUT2D eigenvalue weighted by atomic mass is 10.1. The lowest BCUT2D eigenvalue weighted by Crippen LogP contribution is -2.02. The third-order valence-electron chi connectivity index (χ3n) is 3.13. The van der Waals surface area contributed by atoms with Crippen LogP contribution in [-0.4, -0.2) is 23.9 Å². The molecule has 2 N–H and O–H groups in total. The van der Waals surface area contributed by atoms with E-state index >= 15 is 0 Å². The highest BCUT2D eigenvalue weighted by Gasteiger charge is 2.01. The number of ether oxygens (including phenoxy) is 1. The van der Waals surface area contributed by atoms with Gasteiger partial charge in [0.05, 0.1) is 18.4 Å². The summed E-state index contributed by atoms with van der Waals surface area (Å²) >= 11 is 0. The van der Waals surface area contributed by atoms with Gasteiger partial charge in [-0.2, -0.15) is 5.10 Å². The first-order valence-electron chi connectivity index (χ1n) is 6.84. The molecule has 5 heteroatoms. The van der Waals surface area contributed by atoms with Crippen LogP contribution in [0.5, 0.6) is 5.75 Å².